The summed E-state index contributed by atoms with van der Waals surface area (Å²) in [5, 5.41) is 4.31. The van der Waals surface area contributed by atoms with Gasteiger partial charge in [-0.15, -0.1) is 24.0 Å². The van der Waals surface area contributed by atoms with Gasteiger partial charge in [-0.25, -0.2) is 13.1 Å². The van der Waals surface area contributed by atoms with E-state index >= 15 is 0 Å². The molecule has 3 N–H and O–H groups in total. The molecule has 1 aromatic carbocycles. The summed E-state index contributed by atoms with van der Waals surface area (Å²) in [6, 6.07) is 9.27. The number of hydrogen-bond acceptors (Lipinski definition) is 6. The number of guanidine groups is 1. The molecule has 2 aromatic rings. The lowest BCUT2D eigenvalue weighted by Gasteiger charge is -2.36. The lowest BCUT2D eigenvalue weighted by molar-refractivity contribution is 0.381. The molecular weight excluding hydrogens is 531 g/mol. The van der Waals surface area contributed by atoms with E-state index in [0.717, 1.165) is 36.9 Å². The van der Waals surface area contributed by atoms with Crippen molar-refractivity contribution in [1.29, 1.82) is 0 Å². The van der Waals surface area contributed by atoms with E-state index < -0.39 is 10.0 Å². The largest absolute Gasteiger partial charge is 0.370 e. The van der Waals surface area contributed by atoms with E-state index in [9.17, 15) is 8.42 Å². The summed E-state index contributed by atoms with van der Waals surface area (Å²) in [7, 11) is -3.48. The normalized spacial score (nSPS) is 15.3. The van der Waals surface area contributed by atoms with Gasteiger partial charge in [0.25, 0.3) is 0 Å². The zero-order valence-corrected chi connectivity index (χ0v) is 19.6. The summed E-state index contributed by atoms with van der Waals surface area (Å²) in [6.45, 7) is 3.57. The third-order valence-corrected chi connectivity index (χ3v) is 5.90. The fraction of sp³-hybridized carbons (Fsp3) is 0.412. The van der Waals surface area contributed by atoms with Crippen LogP contribution in [-0.2, 0) is 15.8 Å². The summed E-state index contributed by atoms with van der Waals surface area (Å²) in [4.78, 5) is 8.54. The minimum absolute atomic E-state index is 0. The van der Waals surface area contributed by atoms with Gasteiger partial charge in [0, 0.05) is 49.5 Å². The molecule has 0 atom stereocenters. The van der Waals surface area contributed by atoms with Crippen molar-refractivity contribution in [2.75, 3.05) is 44.2 Å². The molecule has 0 amide bonds. The van der Waals surface area contributed by atoms with Gasteiger partial charge in [-0.05, 0) is 24.3 Å². The number of anilines is 1. The topological polar surface area (TPSA) is 117 Å². The molecule has 160 valence electrons. The van der Waals surface area contributed by atoms with E-state index in [1.165, 1.54) is 12.3 Å². The minimum Gasteiger partial charge on any atom is -0.370 e. The smallest absolute Gasteiger partial charge is 0.217 e. The van der Waals surface area contributed by atoms with Crippen LogP contribution in [0, 0.1) is 0 Å². The van der Waals surface area contributed by atoms with Crippen LogP contribution in [0.2, 0.25) is 5.02 Å². The van der Waals surface area contributed by atoms with Gasteiger partial charge in [-0.3, -0.25) is 4.99 Å². The second-order valence-corrected chi connectivity index (χ2v) is 8.58. The van der Waals surface area contributed by atoms with E-state index in [1.807, 2.05) is 29.2 Å². The Morgan fingerprint density at radius 1 is 1.21 bits per heavy atom. The maximum Gasteiger partial charge on any atom is 0.217 e. The second kappa shape index (κ2) is 11.0. The highest BCUT2D eigenvalue weighted by atomic mass is 127. The fourth-order valence-electron chi connectivity index (χ4n) is 2.87. The van der Waals surface area contributed by atoms with Crippen LogP contribution in [0.5, 0.6) is 0 Å². The Bertz CT molecular complexity index is 884. The van der Waals surface area contributed by atoms with Gasteiger partial charge in [0.1, 0.15) is 12.0 Å². The molecule has 1 aliphatic rings. The Morgan fingerprint density at radius 3 is 2.52 bits per heavy atom. The fourth-order valence-corrected chi connectivity index (χ4v) is 4.04. The van der Waals surface area contributed by atoms with Crippen molar-refractivity contribution in [3.05, 3.63) is 47.3 Å². The number of halogens is 2. The molecule has 1 aromatic heterocycles. The van der Waals surface area contributed by atoms with Gasteiger partial charge in [-0.1, -0.05) is 16.8 Å². The summed E-state index contributed by atoms with van der Waals surface area (Å²) >= 11 is 5.93. The molecule has 1 saturated heterocycles. The highest BCUT2D eigenvalue weighted by Gasteiger charge is 2.18. The van der Waals surface area contributed by atoms with Gasteiger partial charge < -0.3 is 20.1 Å². The first-order chi connectivity index (χ1) is 13.4. The van der Waals surface area contributed by atoms with Gasteiger partial charge in [0.05, 0.1) is 12.2 Å². The Kier molecular flexibility index (Phi) is 8.99. The molecule has 3 rings (SSSR count). The predicted molar refractivity (Wildman–Crippen MR) is 124 cm³/mol. The minimum atomic E-state index is -3.48. The zero-order valence-electron chi connectivity index (χ0n) is 15.7. The molecule has 1 aliphatic heterocycles. The average Bonchev–Trinajstić information content (AvgIpc) is 3.18. The molecule has 29 heavy (non-hydrogen) atoms. The monoisotopic (exact) mass is 554 g/mol. The number of piperazine rings is 1. The van der Waals surface area contributed by atoms with Crippen LogP contribution in [0.4, 0.5) is 5.69 Å². The average molecular weight is 555 g/mol. The van der Waals surface area contributed by atoms with Crippen LogP contribution in [0.25, 0.3) is 0 Å². The van der Waals surface area contributed by atoms with Gasteiger partial charge in [0.15, 0.2) is 5.96 Å². The zero-order chi connectivity index (χ0) is 20.0. The third kappa shape index (κ3) is 7.32. The highest BCUT2D eigenvalue weighted by molar-refractivity contribution is 14.0. The van der Waals surface area contributed by atoms with Gasteiger partial charge in [0.2, 0.25) is 10.0 Å². The number of aromatic nitrogens is 1. The van der Waals surface area contributed by atoms with E-state index in [4.69, 9.17) is 17.3 Å². The summed E-state index contributed by atoms with van der Waals surface area (Å²) in [6.07, 6.45) is 1.34. The van der Waals surface area contributed by atoms with Crippen LogP contribution >= 0.6 is 35.6 Å². The lowest BCUT2D eigenvalue weighted by Crippen LogP contribution is -2.51. The number of rotatable bonds is 7. The van der Waals surface area contributed by atoms with Crippen molar-refractivity contribution in [2.24, 2.45) is 10.7 Å². The van der Waals surface area contributed by atoms with Crippen LogP contribution in [0.3, 0.4) is 0 Å². The lowest BCUT2D eigenvalue weighted by atomic mass is 10.2. The number of nitrogens with one attached hydrogen (secondary N) is 1. The van der Waals surface area contributed by atoms with E-state index in [1.54, 1.807) is 0 Å². The molecular formula is C17H24ClIN6O3S. The van der Waals surface area contributed by atoms with Crippen LogP contribution in [0.15, 0.2) is 46.1 Å². The summed E-state index contributed by atoms with van der Waals surface area (Å²) < 4.78 is 31.0. The summed E-state index contributed by atoms with van der Waals surface area (Å²) in [5.41, 5.74) is 7.53. The number of sulfonamides is 1. The maximum atomic E-state index is 11.9. The maximum absolute atomic E-state index is 11.9. The van der Waals surface area contributed by atoms with Crippen molar-refractivity contribution in [3.63, 3.8) is 0 Å². The standard InChI is InChI=1S/C17H23ClN6O3S.HI/c18-14-1-3-16(4-2-14)23-8-10-24(11-9-23)17(19)20-6-7-21-28(25,26)13-15-5-12-27-22-15;/h1-5,12,21H,6-11,13H2,(H2,19,20);1H. The number of benzene rings is 1. The van der Waals surface area contributed by atoms with Crippen molar-refractivity contribution in [1.82, 2.24) is 14.8 Å². The number of nitrogens with two attached hydrogens (primary N) is 1. The number of aliphatic imine (C=N–C) groups is 1. The first kappa shape index (κ1) is 23.7. The Labute approximate surface area is 192 Å². The molecule has 0 bridgehead atoms. The predicted octanol–water partition coefficient (Wildman–Crippen LogP) is 1.50. The van der Waals surface area contributed by atoms with E-state index in [2.05, 4.69) is 24.3 Å². The number of nitrogens with zero attached hydrogens (tertiary/aromatic N) is 4. The van der Waals surface area contributed by atoms with Crippen LogP contribution in [-0.4, -0.2) is 63.7 Å². The second-order valence-electron chi connectivity index (χ2n) is 6.33. The molecule has 1 fully saturated rings. The summed E-state index contributed by atoms with van der Waals surface area (Å²) in [5.74, 6) is 0.196. The van der Waals surface area contributed by atoms with E-state index in [0.29, 0.717) is 11.7 Å². The molecule has 2 heterocycles. The molecule has 12 heteroatoms. The van der Waals surface area contributed by atoms with Gasteiger partial charge in [-0.2, -0.15) is 0 Å². The third-order valence-electron chi connectivity index (χ3n) is 4.33. The molecule has 9 nitrogen and oxygen atoms in total. The van der Waals surface area contributed by atoms with Crippen LogP contribution in [0.1, 0.15) is 5.69 Å². The number of hydrogen-bond donors (Lipinski definition) is 2. The first-order valence-electron chi connectivity index (χ1n) is 8.85. The molecule has 0 saturated carbocycles. The highest BCUT2D eigenvalue weighted by Crippen LogP contribution is 2.19. The van der Waals surface area contributed by atoms with Crippen molar-refractivity contribution in [2.45, 2.75) is 5.75 Å². The van der Waals surface area contributed by atoms with Crippen molar-refractivity contribution >= 4 is 57.2 Å². The molecule has 0 radical (unpaired) electrons. The van der Waals surface area contributed by atoms with Crippen molar-refractivity contribution in [3.8, 4) is 0 Å². The quantitative estimate of drug-likeness (QED) is 0.231. The Hall–Kier alpha value is -1.57. The van der Waals surface area contributed by atoms with E-state index in [-0.39, 0.29) is 42.8 Å². The molecule has 0 aliphatic carbocycles. The Morgan fingerprint density at radius 2 is 1.90 bits per heavy atom. The van der Waals surface area contributed by atoms with Gasteiger partial charge >= 0.3 is 0 Å². The van der Waals surface area contributed by atoms with Crippen molar-refractivity contribution < 1.29 is 12.9 Å². The van der Waals surface area contributed by atoms with Crippen LogP contribution < -0.4 is 15.4 Å². The first-order valence-corrected chi connectivity index (χ1v) is 10.9. The molecule has 0 spiro atoms. The SMILES string of the molecule is I.NC(=NCCNS(=O)(=O)Cc1ccon1)N1CCN(c2ccc(Cl)cc2)CC1. The molecule has 0 unspecified atom stereocenters. The Balaban J connectivity index is 0.00000300.